The van der Waals surface area contributed by atoms with E-state index in [1.807, 2.05) is 37.3 Å². The van der Waals surface area contributed by atoms with Gasteiger partial charge < -0.3 is 10.1 Å². The molecule has 0 aliphatic rings. The minimum atomic E-state index is 0.505. The molecule has 1 N–H and O–H groups in total. The third-order valence-corrected chi connectivity index (χ3v) is 3.29. The molecule has 20 heavy (non-hydrogen) atoms. The molecule has 0 saturated carbocycles. The molecule has 2 rings (SSSR count). The van der Waals surface area contributed by atoms with Crippen molar-refractivity contribution in [2.75, 3.05) is 6.54 Å². The van der Waals surface area contributed by atoms with Crippen LogP contribution in [0.3, 0.4) is 0 Å². The largest absolute Gasteiger partial charge is 0.437 e. The van der Waals surface area contributed by atoms with Gasteiger partial charge in [0, 0.05) is 17.1 Å². The summed E-state index contributed by atoms with van der Waals surface area (Å²) < 4.78 is 6.72. The Bertz CT molecular complexity index is 558. The Morgan fingerprint density at radius 2 is 2.05 bits per heavy atom. The number of ether oxygens (including phenoxy) is 1. The molecule has 0 aliphatic carbocycles. The van der Waals surface area contributed by atoms with Crippen molar-refractivity contribution < 1.29 is 4.74 Å². The molecule has 0 saturated heterocycles. The maximum absolute atomic E-state index is 5.75. The zero-order valence-corrected chi connectivity index (χ0v) is 13.3. The highest BCUT2D eigenvalue weighted by molar-refractivity contribution is 9.10. The van der Waals surface area contributed by atoms with E-state index in [2.05, 4.69) is 38.4 Å². The van der Waals surface area contributed by atoms with Crippen molar-refractivity contribution in [2.24, 2.45) is 0 Å². The first-order valence-electron chi connectivity index (χ1n) is 6.66. The van der Waals surface area contributed by atoms with Gasteiger partial charge in [0.25, 0.3) is 0 Å². The van der Waals surface area contributed by atoms with Crippen molar-refractivity contribution in [3.05, 3.63) is 46.1 Å². The first-order chi connectivity index (χ1) is 9.69. The van der Waals surface area contributed by atoms with Crippen LogP contribution in [0.1, 0.15) is 24.6 Å². The first kappa shape index (κ1) is 14.9. The van der Waals surface area contributed by atoms with Crippen LogP contribution in [0.5, 0.6) is 11.6 Å². The minimum Gasteiger partial charge on any atom is -0.437 e. The van der Waals surface area contributed by atoms with Crippen LogP contribution in [0.4, 0.5) is 0 Å². The molecule has 1 aromatic heterocycles. The second-order valence-corrected chi connectivity index (χ2v) is 5.47. The highest BCUT2D eigenvalue weighted by Gasteiger charge is 2.04. The van der Waals surface area contributed by atoms with Gasteiger partial charge in [-0.1, -0.05) is 28.9 Å². The lowest BCUT2D eigenvalue weighted by Gasteiger charge is -2.08. The molecule has 0 aliphatic heterocycles. The van der Waals surface area contributed by atoms with Gasteiger partial charge in [-0.3, -0.25) is 0 Å². The monoisotopic (exact) mass is 335 g/mol. The number of nitrogens with zero attached hydrogens (tertiary/aromatic N) is 2. The Morgan fingerprint density at radius 3 is 2.75 bits per heavy atom. The van der Waals surface area contributed by atoms with Crippen molar-refractivity contribution in [1.82, 2.24) is 15.5 Å². The summed E-state index contributed by atoms with van der Waals surface area (Å²) in [5.41, 5.74) is 1.97. The lowest BCUT2D eigenvalue weighted by atomic mass is 10.2. The van der Waals surface area contributed by atoms with Crippen LogP contribution >= 0.6 is 15.9 Å². The third kappa shape index (κ3) is 4.28. The van der Waals surface area contributed by atoms with Gasteiger partial charge in [-0.2, -0.15) is 5.10 Å². The van der Waals surface area contributed by atoms with Gasteiger partial charge >= 0.3 is 0 Å². The topological polar surface area (TPSA) is 47.0 Å². The van der Waals surface area contributed by atoms with Crippen LogP contribution in [0, 0.1) is 6.92 Å². The molecule has 1 aromatic carbocycles. The van der Waals surface area contributed by atoms with E-state index in [1.54, 1.807) is 0 Å². The normalized spacial score (nSPS) is 10.6. The molecule has 0 amide bonds. The number of benzene rings is 1. The number of hydrogen-bond acceptors (Lipinski definition) is 4. The molecule has 4 nitrogen and oxygen atoms in total. The van der Waals surface area contributed by atoms with E-state index in [4.69, 9.17) is 4.74 Å². The SMILES string of the molecule is CCCNCc1ccc(Oc2cc(Br)ccc2C)nn1. The van der Waals surface area contributed by atoms with E-state index < -0.39 is 0 Å². The number of nitrogens with one attached hydrogen (secondary N) is 1. The highest BCUT2D eigenvalue weighted by Crippen LogP contribution is 2.26. The fraction of sp³-hybridized carbons (Fsp3) is 0.333. The Morgan fingerprint density at radius 1 is 1.20 bits per heavy atom. The second kappa shape index (κ2) is 7.36. The Kier molecular flexibility index (Phi) is 5.49. The van der Waals surface area contributed by atoms with E-state index in [-0.39, 0.29) is 0 Å². The molecule has 0 fully saturated rings. The van der Waals surface area contributed by atoms with Crippen LogP contribution in [0.2, 0.25) is 0 Å². The highest BCUT2D eigenvalue weighted by atomic mass is 79.9. The summed E-state index contributed by atoms with van der Waals surface area (Å²) in [5, 5.41) is 11.5. The predicted octanol–water partition coefficient (Wildman–Crippen LogP) is 3.84. The predicted molar refractivity (Wildman–Crippen MR) is 83.0 cm³/mol. The number of aromatic nitrogens is 2. The number of aryl methyl sites for hydroxylation is 1. The van der Waals surface area contributed by atoms with Crippen LogP contribution < -0.4 is 10.1 Å². The fourth-order valence-electron chi connectivity index (χ4n) is 1.69. The Balaban J connectivity index is 2.01. The third-order valence-electron chi connectivity index (χ3n) is 2.79. The molecule has 0 bridgehead atoms. The zero-order valence-electron chi connectivity index (χ0n) is 11.7. The summed E-state index contributed by atoms with van der Waals surface area (Å²) in [4.78, 5) is 0. The van der Waals surface area contributed by atoms with Gasteiger partial charge in [0.1, 0.15) is 5.75 Å². The molecule has 0 radical (unpaired) electrons. The van der Waals surface area contributed by atoms with E-state index in [9.17, 15) is 0 Å². The summed E-state index contributed by atoms with van der Waals surface area (Å²) in [6, 6.07) is 9.68. The molecule has 0 atom stereocenters. The molecule has 0 spiro atoms. The van der Waals surface area contributed by atoms with E-state index in [0.29, 0.717) is 5.88 Å². The van der Waals surface area contributed by atoms with Crippen molar-refractivity contribution >= 4 is 15.9 Å². The van der Waals surface area contributed by atoms with Crippen LogP contribution in [-0.2, 0) is 6.54 Å². The fourth-order valence-corrected chi connectivity index (χ4v) is 2.03. The van der Waals surface area contributed by atoms with Crippen molar-refractivity contribution in [1.29, 1.82) is 0 Å². The van der Waals surface area contributed by atoms with Gasteiger partial charge in [-0.15, -0.1) is 5.10 Å². The van der Waals surface area contributed by atoms with Gasteiger partial charge in [0.15, 0.2) is 0 Å². The van der Waals surface area contributed by atoms with Gasteiger partial charge in [0.2, 0.25) is 5.88 Å². The average molecular weight is 336 g/mol. The standard InChI is InChI=1S/C15H18BrN3O/c1-3-8-17-10-13-6-7-15(19-18-13)20-14-9-12(16)5-4-11(14)2/h4-7,9,17H,3,8,10H2,1-2H3. The van der Waals surface area contributed by atoms with Crippen molar-refractivity contribution in [2.45, 2.75) is 26.8 Å². The maximum atomic E-state index is 5.75. The van der Waals surface area contributed by atoms with Gasteiger partial charge in [0.05, 0.1) is 5.69 Å². The lowest BCUT2D eigenvalue weighted by Crippen LogP contribution is -2.15. The lowest BCUT2D eigenvalue weighted by molar-refractivity contribution is 0.449. The summed E-state index contributed by atoms with van der Waals surface area (Å²) in [7, 11) is 0. The summed E-state index contributed by atoms with van der Waals surface area (Å²) in [5.74, 6) is 1.29. The summed E-state index contributed by atoms with van der Waals surface area (Å²) in [6.45, 7) is 5.85. The maximum Gasteiger partial charge on any atom is 0.238 e. The van der Waals surface area contributed by atoms with E-state index in [1.165, 1.54) is 0 Å². The molecular weight excluding hydrogens is 318 g/mol. The number of rotatable bonds is 6. The smallest absolute Gasteiger partial charge is 0.238 e. The number of hydrogen-bond donors (Lipinski definition) is 1. The molecule has 106 valence electrons. The molecule has 2 aromatic rings. The minimum absolute atomic E-state index is 0.505. The molecule has 5 heteroatoms. The van der Waals surface area contributed by atoms with Crippen LogP contribution in [0.25, 0.3) is 0 Å². The number of halogens is 1. The quantitative estimate of drug-likeness (QED) is 0.814. The summed E-state index contributed by atoms with van der Waals surface area (Å²) >= 11 is 3.43. The van der Waals surface area contributed by atoms with Crippen LogP contribution in [-0.4, -0.2) is 16.7 Å². The van der Waals surface area contributed by atoms with E-state index >= 15 is 0 Å². The molecule has 1 heterocycles. The van der Waals surface area contributed by atoms with Gasteiger partial charge in [-0.05, 0) is 43.7 Å². The zero-order chi connectivity index (χ0) is 14.4. The van der Waals surface area contributed by atoms with Crippen molar-refractivity contribution in [3.8, 4) is 11.6 Å². The molecule has 0 unspecified atom stereocenters. The first-order valence-corrected chi connectivity index (χ1v) is 7.45. The Hall–Kier alpha value is -1.46. The second-order valence-electron chi connectivity index (χ2n) is 4.55. The molecular formula is C15H18BrN3O. The van der Waals surface area contributed by atoms with E-state index in [0.717, 1.165) is 41.0 Å². The van der Waals surface area contributed by atoms with Crippen LogP contribution in [0.15, 0.2) is 34.8 Å². The Labute approximate surface area is 127 Å². The average Bonchev–Trinajstić information content (AvgIpc) is 2.45. The van der Waals surface area contributed by atoms with Gasteiger partial charge in [-0.25, -0.2) is 0 Å². The summed E-state index contributed by atoms with van der Waals surface area (Å²) in [6.07, 6.45) is 1.11. The van der Waals surface area contributed by atoms with Crippen molar-refractivity contribution in [3.63, 3.8) is 0 Å².